The number of nitrogens with one attached hydrogen (secondary N) is 1. The van der Waals surface area contributed by atoms with Gasteiger partial charge in [0, 0.05) is 5.69 Å². The molecular formula is C17H17N3O. The molecule has 0 saturated carbocycles. The number of anilines is 1. The Morgan fingerprint density at radius 3 is 2.38 bits per heavy atom. The molecule has 0 spiro atoms. The molecular weight excluding hydrogens is 262 g/mol. The average Bonchev–Trinajstić information content (AvgIpc) is 2.95. The van der Waals surface area contributed by atoms with Crippen molar-refractivity contribution >= 4 is 5.69 Å². The van der Waals surface area contributed by atoms with Gasteiger partial charge in [0.15, 0.2) is 0 Å². The molecule has 0 fully saturated rings. The van der Waals surface area contributed by atoms with Crippen LogP contribution in [0.4, 0.5) is 5.69 Å². The SMILES string of the molecule is Cc1ccc(NCc2nnc(Cc3ccccc3)o2)cc1. The minimum Gasteiger partial charge on any atom is -0.423 e. The van der Waals surface area contributed by atoms with Gasteiger partial charge in [0.2, 0.25) is 11.8 Å². The van der Waals surface area contributed by atoms with E-state index in [9.17, 15) is 0 Å². The largest absolute Gasteiger partial charge is 0.423 e. The van der Waals surface area contributed by atoms with Gasteiger partial charge in [-0.05, 0) is 24.6 Å². The van der Waals surface area contributed by atoms with Gasteiger partial charge in [-0.15, -0.1) is 10.2 Å². The number of rotatable bonds is 5. The molecule has 3 aromatic rings. The van der Waals surface area contributed by atoms with Crippen molar-refractivity contribution in [1.29, 1.82) is 0 Å². The summed E-state index contributed by atoms with van der Waals surface area (Å²) in [5.41, 5.74) is 3.45. The third-order valence-corrected chi connectivity index (χ3v) is 3.20. The molecule has 0 unspecified atom stereocenters. The number of hydrogen-bond donors (Lipinski definition) is 1. The molecule has 4 heteroatoms. The number of aryl methyl sites for hydroxylation is 1. The molecule has 1 N–H and O–H groups in total. The predicted molar refractivity (Wildman–Crippen MR) is 82.1 cm³/mol. The smallest absolute Gasteiger partial charge is 0.235 e. The van der Waals surface area contributed by atoms with Crippen LogP contribution in [0.25, 0.3) is 0 Å². The fraction of sp³-hybridized carbons (Fsp3) is 0.176. The molecule has 0 amide bonds. The van der Waals surface area contributed by atoms with Crippen LogP contribution in [0.3, 0.4) is 0 Å². The van der Waals surface area contributed by atoms with E-state index < -0.39 is 0 Å². The molecule has 21 heavy (non-hydrogen) atoms. The number of nitrogens with zero attached hydrogens (tertiary/aromatic N) is 2. The minimum atomic E-state index is 0.533. The summed E-state index contributed by atoms with van der Waals surface area (Å²) in [7, 11) is 0. The van der Waals surface area contributed by atoms with Crippen molar-refractivity contribution in [2.75, 3.05) is 5.32 Å². The first-order valence-corrected chi connectivity index (χ1v) is 6.95. The van der Waals surface area contributed by atoms with Crippen LogP contribution in [0.15, 0.2) is 59.0 Å². The van der Waals surface area contributed by atoms with Crippen LogP contribution in [0.5, 0.6) is 0 Å². The zero-order chi connectivity index (χ0) is 14.5. The fourth-order valence-electron chi connectivity index (χ4n) is 2.05. The summed E-state index contributed by atoms with van der Waals surface area (Å²) in [6.45, 7) is 2.60. The van der Waals surface area contributed by atoms with E-state index in [1.54, 1.807) is 0 Å². The van der Waals surface area contributed by atoms with Gasteiger partial charge in [-0.25, -0.2) is 0 Å². The van der Waals surface area contributed by atoms with Crippen LogP contribution in [-0.2, 0) is 13.0 Å². The Balaban J connectivity index is 1.59. The Bertz CT molecular complexity index is 690. The van der Waals surface area contributed by atoms with Crippen molar-refractivity contribution < 1.29 is 4.42 Å². The van der Waals surface area contributed by atoms with Gasteiger partial charge >= 0.3 is 0 Å². The highest BCUT2D eigenvalue weighted by molar-refractivity contribution is 5.44. The zero-order valence-corrected chi connectivity index (χ0v) is 11.9. The average molecular weight is 279 g/mol. The maximum absolute atomic E-state index is 5.65. The molecule has 0 aliphatic carbocycles. The highest BCUT2D eigenvalue weighted by Crippen LogP contribution is 2.12. The van der Waals surface area contributed by atoms with E-state index in [1.807, 2.05) is 30.3 Å². The standard InChI is InChI=1S/C17H17N3O/c1-13-7-9-15(10-8-13)18-12-17-20-19-16(21-17)11-14-5-3-2-4-6-14/h2-10,18H,11-12H2,1H3. The summed E-state index contributed by atoms with van der Waals surface area (Å²) in [4.78, 5) is 0. The minimum absolute atomic E-state index is 0.533. The lowest BCUT2D eigenvalue weighted by atomic mass is 10.2. The van der Waals surface area contributed by atoms with Crippen LogP contribution in [0, 0.1) is 6.92 Å². The third-order valence-electron chi connectivity index (χ3n) is 3.20. The van der Waals surface area contributed by atoms with E-state index in [0.717, 1.165) is 5.69 Å². The van der Waals surface area contributed by atoms with Crippen molar-refractivity contribution in [2.45, 2.75) is 19.9 Å². The van der Waals surface area contributed by atoms with Crippen LogP contribution < -0.4 is 5.32 Å². The summed E-state index contributed by atoms with van der Waals surface area (Å²) in [5, 5.41) is 11.4. The fourth-order valence-corrected chi connectivity index (χ4v) is 2.05. The molecule has 0 bridgehead atoms. The lowest BCUT2D eigenvalue weighted by molar-refractivity contribution is 0.464. The van der Waals surface area contributed by atoms with E-state index in [4.69, 9.17) is 4.42 Å². The maximum atomic E-state index is 5.65. The van der Waals surface area contributed by atoms with Crippen molar-refractivity contribution in [2.24, 2.45) is 0 Å². The van der Waals surface area contributed by atoms with Gasteiger partial charge in [-0.1, -0.05) is 48.0 Å². The molecule has 0 saturated heterocycles. The highest BCUT2D eigenvalue weighted by Gasteiger charge is 2.06. The molecule has 1 heterocycles. The summed E-state index contributed by atoms with van der Waals surface area (Å²) in [6.07, 6.45) is 0.665. The van der Waals surface area contributed by atoms with Gasteiger partial charge in [-0.3, -0.25) is 0 Å². The summed E-state index contributed by atoms with van der Waals surface area (Å²) >= 11 is 0. The van der Waals surface area contributed by atoms with Gasteiger partial charge in [-0.2, -0.15) is 0 Å². The maximum Gasteiger partial charge on any atom is 0.235 e. The van der Waals surface area contributed by atoms with E-state index in [0.29, 0.717) is 24.7 Å². The van der Waals surface area contributed by atoms with E-state index >= 15 is 0 Å². The van der Waals surface area contributed by atoms with Gasteiger partial charge < -0.3 is 9.73 Å². The molecule has 3 rings (SSSR count). The Morgan fingerprint density at radius 2 is 1.62 bits per heavy atom. The highest BCUT2D eigenvalue weighted by atomic mass is 16.4. The van der Waals surface area contributed by atoms with E-state index in [2.05, 4.69) is 46.7 Å². The van der Waals surface area contributed by atoms with Crippen LogP contribution in [0.1, 0.15) is 22.9 Å². The van der Waals surface area contributed by atoms with Crippen molar-refractivity contribution in [3.8, 4) is 0 Å². The second-order valence-corrected chi connectivity index (χ2v) is 4.97. The Kier molecular flexibility index (Phi) is 3.96. The normalized spacial score (nSPS) is 10.5. The second-order valence-electron chi connectivity index (χ2n) is 4.97. The predicted octanol–water partition coefficient (Wildman–Crippen LogP) is 3.58. The molecule has 4 nitrogen and oxygen atoms in total. The van der Waals surface area contributed by atoms with E-state index in [-0.39, 0.29) is 0 Å². The molecule has 106 valence electrons. The molecule has 1 aromatic heterocycles. The van der Waals surface area contributed by atoms with Crippen LogP contribution in [-0.4, -0.2) is 10.2 Å². The molecule has 0 atom stereocenters. The van der Waals surface area contributed by atoms with Gasteiger partial charge in [0.05, 0.1) is 13.0 Å². The Hall–Kier alpha value is -2.62. The van der Waals surface area contributed by atoms with Crippen LogP contribution >= 0.6 is 0 Å². The quantitative estimate of drug-likeness (QED) is 0.775. The van der Waals surface area contributed by atoms with Gasteiger partial charge in [0.1, 0.15) is 0 Å². The summed E-state index contributed by atoms with van der Waals surface area (Å²) in [6, 6.07) is 18.3. The summed E-state index contributed by atoms with van der Waals surface area (Å²) in [5.74, 6) is 1.24. The number of aromatic nitrogens is 2. The van der Waals surface area contributed by atoms with Crippen molar-refractivity contribution in [3.05, 3.63) is 77.5 Å². The lowest BCUT2D eigenvalue weighted by Gasteiger charge is -2.03. The molecule has 2 aromatic carbocycles. The van der Waals surface area contributed by atoms with Crippen molar-refractivity contribution in [1.82, 2.24) is 10.2 Å². The Morgan fingerprint density at radius 1 is 0.905 bits per heavy atom. The summed E-state index contributed by atoms with van der Waals surface area (Å²) < 4.78 is 5.65. The van der Waals surface area contributed by atoms with Gasteiger partial charge in [0.25, 0.3) is 0 Å². The first kappa shape index (κ1) is 13.4. The monoisotopic (exact) mass is 279 g/mol. The second kappa shape index (κ2) is 6.22. The molecule has 0 aliphatic rings. The Labute approximate surface area is 123 Å². The lowest BCUT2D eigenvalue weighted by Crippen LogP contribution is -1.99. The molecule has 0 aliphatic heterocycles. The third kappa shape index (κ3) is 3.69. The van der Waals surface area contributed by atoms with Crippen LogP contribution in [0.2, 0.25) is 0 Å². The topological polar surface area (TPSA) is 51.0 Å². The first-order valence-electron chi connectivity index (χ1n) is 6.95. The molecule has 0 radical (unpaired) electrons. The zero-order valence-electron chi connectivity index (χ0n) is 11.9. The van der Waals surface area contributed by atoms with E-state index in [1.165, 1.54) is 11.1 Å². The number of hydrogen-bond acceptors (Lipinski definition) is 4. The first-order chi connectivity index (χ1) is 10.3. The van der Waals surface area contributed by atoms with Crippen molar-refractivity contribution in [3.63, 3.8) is 0 Å². The number of benzene rings is 2.